The molecule has 2 fully saturated rings. The smallest absolute Gasteiger partial charge is 0.309 e. The van der Waals surface area contributed by atoms with Crippen LogP contribution in [0.25, 0.3) is 0 Å². The number of thiazole rings is 1. The molecule has 0 bridgehead atoms. The SMILES string of the molecule is O=C(O)C1CCC(=O)N(C2CC2)C1c1cscn1. The first-order valence-corrected chi connectivity index (χ1v) is 7.05. The number of piperidine rings is 1. The molecular formula is C12H14N2O3S. The second-order valence-corrected chi connectivity index (χ2v) is 5.59. The monoisotopic (exact) mass is 266 g/mol. The lowest BCUT2D eigenvalue weighted by molar-refractivity contribution is -0.152. The first-order valence-electron chi connectivity index (χ1n) is 6.10. The normalized spacial score (nSPS) is 28.4. The summed E-state index contributed by atoms with van der Waals surface area (Å²) in [5.74, 6) is -1.27. The fourth-order valence-electron chi connectivity index (χ4n) is 2.67. The Balaban J connectivity index is 1.98. The minimum absolute atomic E-state index is 0.0769. The Morgan fingerprint density at radius 1 is 1.44 bits per heavy atom. The Morgan fingerprint density at radius 2 is 2.22 bits per heavy atom. The molecule has 2 aliphatic rings. The van der Waals surface area contributed by atoms with Crippen LogP contribution in [0.15, 0.2) is 10.9 Å². The third-order valence-electron chi connectivity index (χ3n) is 3.65. The van der Waals surface area contributed by atoms with E-state index in [0.29, 0.717) is 12.8 Å². The van der Waals surface area contributed by atoms with Crippen molar-refractivity contribution in [2.75, 3.05) is 0 Å². The molecule has 0 spiro atoms. The van der Waals surface area contributed by atoms with Gasteiger partial charge in [0, 0.05) is 17.8 Å². The zero-order valence-electron chi connectivity index (χ0n) is 9.78. The van der Waals surface area contributed by atoms with Gasteiger partial charge in [-0.15, -0.1) is 11.3 Å². The van der Waals surface area contributed by atoms with E-state index in [1.54, 1.807) is 10.4 Å². The highest BCUT2D eigenvalue weighted by molar-refractivity contribution is 7.07. The molecule has 1 saturated carbocycles. The Bertz CT molecular complexity index is 470. The molecular weight excluding hydrogens is 252 g/mol. The van der Waals surface area contributed by atoms with E-state index in [0.717, 1.165) is 18.5 Å². The molecule has 0 radical (unpaired) electrons. The molecule has 1 aliphatic heterocycles. The molecule has 2 atom stereocenters. The van der Waals surface area contributed by atoms with Crippen LogP contribution >= 0.6 is 11.3 Å². The molecule has 1 aromatic heterocycles. The number of hydrogen-bond acceptors (Lipinski definition) is 4. The molecule has 1 N–H and O–H groups in total. The van der Waals surface area contributed by atoms with Crippen molar-refractivity contribution in [1.29, 1.82) is 0 Å². The lowest BCUT2D eigenvalue weighted by atomic mass is 9.87. The number of likely N-dealkylation sites (tertiary alicyclic amines) is 1. The number of carbonyl (C=O) groups is 2. The summed E-state index contributed by atoms with van der Waals surface area (Å²) < 4.78 is 0. The Kier molecular flexibility index (Phi) is 2.81. The average molecular weight is 266 g/mol. The molecule has 1 amide bonds. The number of rotatable bonds is 3. The topological polar surface area (TPSA) is 70.5 Å². The number of aliphatic carboxylic acids is 1. The maximum atomic E-state index is 12.1. The largest absolute Gasteiger partial charge is 0.481 e. The second-order valence-electron chi connectivity index (χ2n) is 4.87. The van der Waals surface area contributed by atoms with Crippen molar-refractivity contribution in [2.45, 2.75) is 37.8 Å². The lowest BCUT2D eigenvalue weighted by Gasteiger charge is -2.38. The van der Waals surface area contributed by atoms with Crippen molar-refractivity contribution in [2.24, 2.45) is 5.92 Å². The predicted octanol–water partition coefficient (Wildman–Crippen LogP) is 1.67. The van der Waals surface area contributed by atoms with Gasteiger partial charge in [-0.2, -0.15) is 0 Å². The zero-order chi connectivity index (χ0) is 12.7. The maximum Gasteiger partial charge on any atom is 0.309 e. The summed E-state index contributed by atoms with van der Waals surface area (Å²) in [6.07, 6.45) is 2.73. The van der Waals surface area contributed by atoms with Crippen LogP contribution in [-0.2, 0) is 9.59 Å². The molecule has 2 heterocycles. The lowest BCUT2D eigenvalue weighted by Crippen LogP contribution is -2.46. The molecule has 1 aromatic rings. The number of amides is 1. The van der Waals surface area contributed by atoms with Crippen molar-refractivity contribution in [1.82, 2.24) is 9.88 Å². The van der Waals surface area contributed by atoms with Crippen LogP contribution in [0.4, 0.5) is 0 Å². The summed E-state index contributed by atoms with van der Waals surface area (Å²) in [5.41, 5.74) is 2.42. The van der Waals surface area contributed by atoms with Gasteiger partial charge in [0.05, 0.1) is 23.2 Å². The first kappa shape index (κ1) is 11.6. The van der Waals surface area contributed by atoms with E-state index in [4.69, 9.17) is 0 Å². The number of aromatic nitrogens is 1. The highest BCUT2D eigenvalue weighted by Gasteiger charge is 2.47. The highest BCUT2D eigenvalue weighted by Crippen LogP contribution is 2.43. The van der Waals surface area contributed by atoms with Gasteiger partial charge in [0.2, 0.25) is 5.91 Å². The number of hydrogen-bond donors (Lipinski definition) is 1. The van der Waals surface area contributed by atoms with Gasteiger partial charge in [-0.25, -0.2) is 4.98 Å². The van der Waals surface area contributed by atoms with Crippen LogP contribution in [0.2, 0.25) is 0 Å². The highest BCUT2D eigenvalue weighted by atomic mass is 32.1. The molecule has 1 saturated heterocycles. The molecule has 96 valence electrons. The van der Waals surface area contributed by atoms with Gasteiger partial charge in [0.25, 0.3) is 0 Å². The summed E-state index contributed by atoms with van der Waals surface area (Å²) in [6.45, 7) is 0. The molecule has 1 aliphatic carbocycles. The minimum Gasteiger partial charge on any atom is -0.481 e. The van der Waals surface area contributed by atoms with Crippen LogP contribution in [0.5, 0.6) is 0 Å². The van der Waals surface area contributed by atoms with Gasteiger partial charge in [0.15, 0.2) is 0 Å². The van der Waals surface area contributed by atoms with E-state index < -0.39 is 11.9 Å². The molecule has 3 rings (SSSR count). The third kappa shape index (κ3) is 1.90. The van der Waals surface area contributed by atoms with E-state index in [-0.39, 0.29) is 18.0 Å². The maximum absolute atomic E-state index is 12.1. The van der Waals surface area contributed by atoms with E-state index in [1.165, 1.54) is 11.3 Å². The van der Waals surface area contributed by atoms with Crippen molar-refractivity contribution in [3.63, 3.8) is 0 Å². The van der Waals surface area contributed by atoms with Crippen molar-refractivity contribution in [3.05, 3.63) is 16.6 Å². The van der Waals surface area contributed by atoms with E-state index in [9.17, 15) is 14.7 Å². The number of carboxylic acids is 1. The minimum atomic E-state index is -0.828. The van der Waals surface area contributed by atoms with Gasteiger partial charge in [-0.3, -0.25) is 9.59 Å². The van der Waals surface area contributed by atoms with Crippen molar-refractivity contribution >= 4 is 23.2 Å². The summed E-state index contributed by atoms with van der Waals surface area (Å²) in [4.78, 5) is 29.5. The van der Waals surface area contributed by atoms with E-state index >= 15 is 0 Å². The number of carboxylic acid groups (broad SMARTS) is 1. The third-order valence-corrected chi connectivity index (χ3v) is 4.25. The van der Waals surface area contributed by atoms with E-state index in [2.05, 4.69) is 4.98 Å². The number of carbonyl (C=O) groups excluding carboxylic acids is 1. The van der Waals surface area contributed by atoms with Gasteiger partial charge in [-0.1, -0.05) is 0 Å². The van der Waals surface area contributed by atoms with Crippen LogP contribution in [0.3, 0.4) is 0 Å². The number of nitrogens with zero attached hydrogens (tertiary/aromatic N) is 2. The molecule has 6 heteroatoms. The predicted molar refractivity (Wildman–Crippen MR) is 65.1 cm³/mol. The van der Waals surface area contributed by atoms with Crippen LogP contribution in [0, 0.1) is 5.92 Å². The Morgan fingerprint density at radius 3 is 2.78 bits per heavy atom. The molecule has 5 nitrogen and oxygen atoms in total. The summed E-state index contributed by atoms with van der Waals surface area (Å²) in [7, 11) is 0. The second kappa shape index (κ2) is 4.35. The summed E-state index contributed by atoms with van der Waals surface area (Å²) in [6, 6.07) is -0.145. The molecule has 0 aromatic carbocycles. The quantitative estimate of drug-likeness (QED) is 0.903. The van der Waals surface area contributed by atoms with Gasteiger partial charge in [-0.05, 0) is 19.3 Å². The van der Waals surface area contributed by atoms with Crippen LogP contribution in [0.1, 0.15) is 37.4 Å². The summed E-state index contributed by atoms with van der Waals surface area (Å²) >= 11 is 1.44. The molecule has 18 heavy (non-hydrogen) atoms. The van der Waals surface area contributed by atoms with Gasteiger partial charge in [0.1, 0.15) is 0 Å². The fourth-order valence-corrected chi connectivity index (χ4v) is 3.26. The van der Waals surface area contributed by atoms with Crippen molar-refractivity contribution < 1.29 is 14.7 Å². The van der Waals surface area contributed by atoms with Gasteiger partial charge >= 0.3 is 5.97 Å². The standard InChI is InChI=1S/C12H14N2O3S/c15-10-4-3-8(12(16)17)11(9-5-18-6-13-9)14(10)7-1-2-7/h5-8,11H,1-4H2,(H,16,17). The zero-order valence-corrected chi connectivity index (χ0v) is 10.6. The van der Waals surface area contributed by atoms with Crippen LogP contribution in [-0.4, -0.2) is 32.9 Å². The van der Waals surface area contributed by atoms with Crippen molar-refractivity contribution in [3.8, 4) is 0 Å². The first-order chi connectivity index (χ1) is 8.68. The van der Waals surface area contributed by atoms with E-state index in [1.807, 2.05) is 5.38 Å². The summed E-state index contributed by atoms with van der Waals surface area (Å²) in [5, 5.41) is 11.2. The van der Waals surface area contributed by atoms with Gasteiger partial charge < -0.3 is 10.0 Å². The fraction of sp³-hybridized carbons (Fsp3) is 0.583. The van der Waals surface area contributed by atoms with Crippen LogP contribution < -0.4 is 0 Å². The molecule has 2 unspecified atom stereocenters. The Labute approximate surface area is 108 Å². The Hall–Kier alpha value is -1.43. The average Bonchev–Trinajstić information content (AvgIpc) is 3.03.